The van der Waals surface area contributed by atoms with Gasteiger partial charge in [0.25, 0.3) is 11.8 Å². The molecule has 10 heteroatoms. The molecule has 0 saturated carbocycles. The van der Waals surface area contributed by atoms with Crippen LogP contribution in [0.1, 0.15) is 49.4 Å². The minimum absolute atomic E-state index is 0.00272. The third kappa shape index (κ3) is 4.23. The van der Waals surface area contributed by atoms with Crippen molar-refractivity contribution in [1.82, 2.24) is 9.47 Å². The van der Waals surface area contributed by atoms with Crippen LogP contribution in [0.2, 0.25) is 0 Å². The first-order valence-corrected chi connectivity index (χ1v) is 9.32. The smallest absolute Gasteiger partial charge is 0.406 e. The maximum Gasteiger partial charge on any atom is 0.406 e. The molecular formula is C21H19F3N2O5. The number of fused-ring (bicyclic) bond motifs is 1. The van der Waals surface area contributed by atoms with E-state index in [4.69, 9.17) is 4.74 Å². The lowest BCUT2D eigenvalue weighted by atomic mass is 10.1. The minimum atomic E-state index is -4.46. The van der Waals surface area contributed by atoms with Crippen LogP contribution >= 0.6 is 0 Å². The van der Waals surface area contributed by atoms with Crippen LogP contribution in [0.4, 0.5) is 13.2 Å². The van der Waals surface area contributed by atoms with Crippen LogP contribution in [0.5, 0.6) is 0 Å². The lowest BCUT2D eigenvalue weighted by molar-refractivity contribution is -0.146. The van der Waals surface area contributed by atoms with Gasteiger partial charge in [-0.1, -0.05) is 12.1 Å². The number of esters is 1. The number of ketones is 1. The molecule has 0 bridgehead atoms. The minimum Gasteiger partial charge on any atom is -0.456 e. The van der Waals surface area contributed by atoms with Gasteiger partial charge in [-0.25, -0.2) is 4.79 Å². The topological polar surface area (TPSA) is 85.7 Å². The predicted molar refractivity (Wildman–Crippen MR) is 102 cm³/mol. The molecular weight excluding hydrogens is 417 g/mol. The maximum atomic E-state index is 12.7. The fourth-order valence-corrected chi connectivity index (χ4v) is 3.51. The highest BCUT2D eigenvalue weighted by molar-refractivity contribution is 6.22. The summed E-state index contributed by atoms with van der Waals surface area (Å²) in [5.74, 6) is -2.96. The number of aryl methyl sites for hydroxylation is 1. The normalized spacial score (nSPS) is 14.6. The summed E-state index contributed by atoms with van der Waals surface area (Å²) >= 11 is 0. The van der Waals surface area contributed by atoms with E-state index in [-0.39, 0.29) is 28.1 Å². The Morgan fingerprint density at radius 3 is 2.13 bits per heavy atom. The number of nitrogens with zero attached hydrogens (tertiary/aromatic N) is 2. The molecule has 2 heterocycles. The molecule has 0 unspecified atom stereocenters. The molecule has 1 aliphatic heterocycles. The van der Waals surface area contributed by atoms with E-state index in [0.717, 1.165) is 9.47 Å². The van der Waals surface area contributed by atoms with Gasteiger partial charge in [-0.05, 0) is 39.0 Å². The van der Waals surface area contributed by atoms with Gasteiger partial charge in [-0.3, -0.25) is 19.3 Å². The summed E-state index contributed by atoms with van der Waals surface area (Å²) in [5, 5.41) is 0. The summed E-state index contributed by atoms with van der Waals surface area (Å²) in [7, 11) is 0. The van der Waals surface area contributed by atoms with Gasteiger partial charge in [0.05, 0.1) is 11.1 Å². The highest BCUT2D eigenvalue weighted by atomic mass is 19.4. The van der Waals surface area contributed by atoms with Crippen molar-refractivity contribution in [3.05, 3.63) is 58.4 Å². The average Bonchev–Trinajstić information content (AvgIpc) is 3.12. The van der Waals surface area contributed by atoms with Gasteiger partial charge in [-0.15, -0.1) is 0 Å². The summed E-state index contributed by atoms with van der Waals surface area (Å²) in [6.45, 7) is 2.13. The van der Waals surface area contributed by atoms with Crippen molar-refractivity contribution in [2.75, 3.05) is 6.61 Å². The second-order valence-electron chi connectivity index (χ2n) is 7.22. The maximum absolute atomic E-state index is 12.7. The van der Waals surface area contributed by atoms with Crippen molar-refractivity contribution in [3.8, 4) is 0 Å². The lowest BCUT2D eigenvalue weighted by Crippen LogP contribution is -2.44. The van der Waals surface area contributed by atoms with Crippen molar-refractivity contribution in [2.45, 2.75) is 39.5 Å². The van der Waals surface area contributed by atoms with E-state index in [2.05, 4.69) is 0 Å². The van der Waals surface area contributed by atoms with E-state index in [1.54, 1.807) is 12.1 Å². The first kappa shape index (κ1) is 22.3. The molecule has 0 N–H and O–H groups in total. The molecule has 1 aromatic heterocycles. The number of aromatic nitrogens is 1. The van der Waals surface area contributed by atoms with Crippen LogP contribution < -0.4 is 0 Å². The Morgan fingerprint density at radius 1 is 1.06 bits per heavy atom. The zero-order valence-electron chi connectivity index (χ0n) is 16.9. The van der Waals surface area contributed by atoms with Crippen molar-refractivity contribution >= 4 is 23.6 Å². The van der Waals surface area contributed by atoms with Gasteiger partial charge in [-0.2, -0.15) is 13.2 Å². The number of hydrogen-bond donors (Lipinski definition) is 0. The van der Waals surface area contributed by atoms with Crippen LogP contribution in [0, 0.1) is 13.8 Å². The number of hydrogen-bond acceptors (Lipinski definition) is 5. The highest BCUT2D eigenvalue weighted by Gasteiger charge is 2.41. The monoisotopic (exact) mass is 436 g/mol. The van der Waals surface area contributed by atoms with Crippen molar-refractivity contribution in [3.63, 3.8) is 0 Å². The first-order valence-electron chi connectivity index (χ1n) is 9.32. The summed E-state index contributed by atoms with van der Waals surface area (Å²) < 4.78 is 44.1. The second-order valence-corrected chi connectivity index (χ2v) is 7.22. The predicted octanol–water partition coefficient (Wildman–Crippen LogP) is 3.08. The zero-order chi connectivity index (χ0) is 23.1. The number of halogens is 3. The standard InChI is InChI=1S/C21H19F3N2O5/c1-11-8-16(12(2)25(11)10-21(22,23)24)17(27)9-31-20(30)13(3)26-18(28)14-6-4-5-7-15(14)19(26)29/h4-8,13H,9-10H2,1-3H3/t13-/m1/s1. The molecule has 0 fully saturated rings. The first-order chi connectivity index (χ1) is 14.4. The number of Topliss-reactive ketones (excluding diaryl/α,β-unsaturated/α-hetero) is 1. The number of ether oxygens (including phenoxy) is 1. The molecule has 1 aliphatic rings. The molecule has 1 aromatic carbocycles. The third-order valence-corrected chi connectivity index (χ3v) is 5.11. The summed E-state index contributed by atoms with van der Waals surface area (Å²) in [6.07, 6.45) is -4.46. The van der Waals surface area contributed by atoms with Crippen molar-refractivity contribution in [1.29, 1.82) is 0 Å². The molecule has 0 saturated heterocycles. The van der Waals surface area contributed by atoms with E-state index in [9.17, 15) is 32.3 Å². The largest absolute Gasteiger partial charge is 0.456 e. The summed E-state index contributed by atoms with van der Waals surface area (Å²) in [4.78, 5) is 50.5. The Balaban J connectivity index is 1.68. The number of rotatable bonds is 6. The van der Waals surface area contributed by atoms with Crippen LogP contribution in [-0.2, 0) is 16.1 Å². The van der Waals surface area contributed by atoms with Crippen LogP contribution in [0.25, 0.3) is 0 Å². The molecule has 0 spiro atoms. The Hall–Kier alpha value is -3.43. The molecule has 7 nitrogen and oxygen atoms in total. The fourth-order valence-electron chi connectivity index (χ4n) is 3.51. The molecule has 164 valence electrons. The quantitative estimate of drug-likeness (QED) is 0.395. The van der Waals surface area contributed by atoms with Crippen LogP contribution in [0.15, 0.2) is 30.3 Å². The Bertz CT molecular complexity index is 1050. The van der Waals surface area contributed by atoms with Gasteiger partial charge in [0.2, 0.25) is 5.78 Å². The summed E-state index contributed by atoms with van der Waals surface area (Å²) in [6, 6.07) is 6.12. The third-order valence-electron chi connectivity index (χ3n) is 5.11. The number of benzene rings is 1. The number of imide groups is 1. The van der Waals surface area contributed by atoms with Crippen molar-refractivity contribution in [2.24, 2.45) is 0 Å². The number of amides is 2. The van der Waals surface area contributed by atoms with Gasteiger partial charge in [0, 0.05) is 17.0 Å². The SMILES string of the molecule is Cc1cc(C(=O)COC(=O)[C@@H](C)N2C(=O)c3ccccc3C2=O)c(C)n1CC(F)(F)F. The lowest BCUT2D eigenvalue weighted by Gasteiger charge is -2.20. The van der Waals surface area contributed by atoms with E-state index < -0.39 is 48.9 Å². The molecule has 0 radical (unpaired) electrons. The van der Waals surface area contributed by atoms with Gasteiger partial charge < -0.3 is 9.30 Å². The molecule has 1 atom stereocenters. The van der Waals surface area contributed by atoms with Crippen LogP contribution in [-0.4, -0.2) is 51.9 Å². The summed E-state index contributed by atoms with van der Waals surface area (Å²) in [5.41, 5.74) is 0.678. The molecule has 31 heavy (non-hydrogen) atoms. The average molecular weight is 436 g/mol. The number of carbonyl (C=O) groups excluding carboxylic acids is 4. The van der Waals surface area contributed by atoms with Gasteiger partial charge in [0.1, 0.15) is 12.6 Å². The van der Waals surface area contributed by atoms with E-state index in [0.29, 0.717) is 0 Å². The zero-order valence-corrected chi connectivity index (χ0v) is 16.9. The second kappa shape index (κ2) is 8.01. The molecule has 3 rings (SSSR count). The molecule has 2 amide bonds. The van der Waals surface area contributed by atoms with E-state index in [1.807, 2.05) is 0 Å². The Kier molecular flexibility index (Phi) is 5.75. The van der Waals surface area contributed by atoms with Gasteiger partial charge >= 0.3 is 12.1 Å². The fraction of sp³-hybridized carbons (Fsp3) is 0.333. The number of carbonyl (C=O) groups is 4. The van der Waals surface area contributed by atoms with E-state index in [1.165, 1.54) is 39.0 Å². The van der Waals surface area contributed by atoms with Crippen LogP contribution in [0.3, 0.4) is 0 Å². The van der Waals surface area contributed by atoms with E-state index >= 15 is 0 Å². The highest BCUT2D eigenvalue weighted by Crippen LogP contribution is 2.25. The Labute approximate surface area is 175 Å². The van der Waals surface area contributed by atoms with Crippen molar-refractivity contribution < 1.29 is 37.1 Å². The van der Waals surface area contributed by atoms with Gasteiger partial charge in [0.15, 0.2) is 6.61 Å². The molecule has 0 aliphatic carbocycles. The number of alkyl halides is 3. The molecule has 2 aromatic rings. The Morgan fingerprint density at radius 2 is 1.61 bits per heavy atom.